The van der Waals surface area contributed by atoms with Crippen LogP contribution in [-0.4, -0.2) is 11.4 Å². The Labute approximate surface area is 170 Å². The number of ether oxygens (including phenoxy) is 2. The van der Waals surface area contributed by atoms with Crippen LogP contribution >= 0.6 is 0 Å². The van der Waals surface area contributed by atoms with Crippen LogP contribution in [0.5, 0.6) is 11.5 Å². The predicted molar refractivity (Wildman–Crippen MR) is 97.9 cm³/mol. The van der Waals surface area contributed by atoms with Gasteiger partial charge < -0.3 is 38.0 Å². The highest BCUT2D eigenvalue weighted by molar-refractivity contribution is 5.71. The largest absolute Gasteiger partial charge is 1.00 e. The van der Waals surface area contributed by atoms with Crippen molar-refractivity contribution in [2.75, 3.05) is 6.79 Å². The first-order valence-electron chi connectivity index (χ1n) is 8.34. The van der Waals surface area contributed by atoms with Gasteiger partial charge in [0.2, 0.25) is 6.79 Å². The molecule has 1 aromatic carbocycles. The van der Waals surface area contributed by atoms with E-state index in [0.29, 0.717) is 6.79 Å². The maximum absolute atomic E-state index is 5.51. The Morgan fingerprint density at radius 2 is 1.69 bits per heavy atom. The van der Waals surface area contributed by atoms with Crippen molar-refractivity contribution in [1.82, 2.24) is 4.57 Å². The summed E-state index contributed by atoms with van der Waals surface area (Å²) in [7, 11) is 2.02. The van der Waals surface area contributed by atoms with Gasteiger partial charge in [-0.2, -0.15) is 0 Å². The molecule has 3 aromatic rings. The van der Waals surface area contributed by atoms with Crippen molar-refractivity contribution in [2.24, 2.45) is 7.05 Å². The van der Waals surface area contributed by atoms with Crippen molar-refractivity contribution in [2.45, 2.75) is 13.8 Å². The predicted octanol–water partition coefficient (Wildman–Crippen LogP) is 0.822. The van der Waals surface area contributed by atoms with Gasteiger partial charge in [-0.05, 0) is 43.2 Å². The Balaban J connectivity index is 0.00000196. The van der Waals surface area contributed by atoms with Gasteiger partial charge in [0.25, 0.3) is 0 Å². The lowest BCUT2D eigenvalue weighted by Crippen LogP contribution is -3.00. The van der Waals surface area contributed by atoms with Crippen molar-refractivity contribution in [1.29, 1.82) is 0 Å². The fourth-order valence-electron chi connectivity index (χ4n) is 3.19. The SMILES string of the molecule is Cc1cc(/C=C/c2cc[n+](C)cc2)c(C)n1-c1ccc2c(c1)OCO2.[I-]. The van der Waals surface area contributed by atoms with Crippen molar-refractivity contribution in [3.8, 4) is 17.2 Å². The Bertz CT molecular complexity index is 959. The lowest BCUT2D eigenvalue weighted by atomic mass is 10.2. The molecule has 0 N–H and O–H groups in total. The van der Waals surface area contributed by atoms with Crippen LogP contribution in [0, 0.1) is 13.8 Å². The van der Waals surface area contributed by atoms with Crippen molar-refractivity contribution < 1.29 is 38.0 Å². The van der Waals surface area contributed by atoms with Gasteiger partial charge in [-0.3, -0.25) is 0 Å². The highest BCUT2D eigenvalue weighted by atomic mass is 127. The molecule has 0 fully saturated rings. The third-order valence-electron chi connectivity index (χ3n) is 4.54. The summed E-state index contributed by atoms with van der Waals surface area (Å²) in [5.74, 6) is 1.61. The zero-order valence-corrected chi connectivity index (χ0v) is 17.2. The average molecular weight is 460 g/mol. The topological polar surface area (TPSA) is 27.3 Å². The summed E-state index contributed by atoms with van der Waals surface area (Å²) in [4.78, 5) is 0. The van der Waals surface area contributed by atoms with Crippen LogP contribution in [0.2, 0.25) is 0 Å². The molecule has 26 heavy (non-hydrogen) atoms. The van der Waals surface area contributed by atoms with Crippen LogP contribution in [0.3, 0.4) is 0 Å². The number of benzene rings is 1. The average Bonchev–Trinajstić information content (AvgIpc) is 3.18. The minimum atomic E-state index is 0. The number of aryl methyl sites for hydroxylation is 2. The zero-order valence-electron chi connectivity index (χ0n) is 15.1. The minimum absolute atomic E-state index is 0. The number of aromatic nitrogens is 2. The molecule has 0 saturated carbocycles. The number of hydrogen-bond acceptors (Lipinski definition) is 2. The molecule has 0 bridgehead atoms. The molecule has 4 rings (SSSR count). The van der Waals surface area contributed by atoms with Gasteiger partial charge in [-0.15, -0.1) is 0 Å². The molecule has 1 aliphatic heterocycles. The summed E-state index contributed by atoms with van der Waals surface area (Å²) in [6.45, 7) is 4.56. The molecule has 134 valence electrons. The summed E-state index contributed by atoms with van der Waals surface area (Å²) >= 11 is 0. The maximum Gasteiger partial charge on any atom is 0.231 e. The Morgan fingerprint density at radius 3 is 2.46 bits per heavy atom. The van der Waals surface area contributed by atoms with Gasteiger partial charge in [-0.25, -0.2) is 4.57 Å². The van der Waals surface area contributed by atoms with E-state index in [-0.39, 0.29) is 24.0 Å². The quantitative estimate of drug-likeness (QED) is 0.428. The van der Waals surface area contributed by atoms with E-state index < -0.39 is 0 Å². The molecular weight excluding hydrogens is 439 g/mol. The summed E-state index contributed by atoms with van der Waals surface area (Å²) in [6, 6.07) is 12.5. The fourth-order valence-corrected chi connectivity index (χ4v) is 3.19. The van der Waals surface area contributed by atoms with E-state index in [1.165, 1.54) is 22.5 Å². The van der Waals surface area contributed by atoms with Crippen LogP contribution in [0.1, 0.15) is 22.5 Å². The van der Waals surface area contributed by atoms with Gasteiger partial charge in [0.05, 0.1) is 0 Å². The molecule has 3 heterocycles. The first kappa shape index (κ1) is 18.5. The van der Waals surface area contributed by atoms with Gasteiger partial charge in [-0.1, -0.05) is 12.2 Å². The van der Waals surface area contributed by atoms with Gasteiger partial charge in [0.15, 0.2) is 23.9 Å². The normalized spacial score (nSPS) is 12.4. The molecule has 0 saturated heterocycles. The number of hydrogen-bond donors (Lipinski definition) is 0. The van der Waals surface area contributed by atoms with Crippen LogP contribution in [-0.2, 0) is 7.05 Å². The molecule has 0 spiro atoms. The van der Waals surface area contributed by atoms with Crippen molar-refractivity contribution in [3.05, 3.63) is 71.3 Å². The van der Waals surface area contributed by atoms with Gasteiger partial charge in [0, 0.05) is 35.3 Å². The molecule has 0 radical (unpaired) electrons. The third-order valence-corrected chi connectivity index (χ3v) is 4.54. The van der Waals surface area contributed by atoms with Crippen molar-refractivity contribution in [3.63, 3.8) is 0 Å². The highest BCUT2D eigenvalue weighted by Gasteiger charge is 2.16. The van der Waals surface area contributed by atoms with E-state index in [2.05, 4.69) is 67.2 Å². The molecule has 0 aliphatic carbocycles. The maximum atomic E-state index is 5.51. The van der Waals surface area contributed by atoms with E-state index in [9.17, 15) is 0 Å². The minimum Gasteiger partial charge on any atom is -1.00 e. The molecule has 5 heteroatoms. The first-order chi connectivity index (χ1) is 12.1. The second kappa shape index (κ2) is 7.53. The number of rotatable bonds is 3. The van der Waals surface area contributed by atoms with Crippen LogP contribution < -0.4 is 38.0 Å². The second-order valence-electron chi connectivity index (χ2n) is 6.33. The number of pyridine rings is 1. The first-order valence-corrected chi connectivity index (χ1v) is 8.34. The molecule has 4 nitrogen and oxygen atoms in total. The standard InChI is InChI=1S/C21H21N2O2.HI/c1-15-12-18(5-4-17-8-10-22(3)11-9-17)16(2)23(15)19-6-7-20-21(13-19)25-14-24-20;/h4-13H,14H2,1-3H3;1H/q+1;/p-1. The summed E-state index contributed by atoms with van der Waals surface area (Å²) in [5.41, 5.74) is 5.88. The van der Waals surface area contributed by atoms with Crippen LogP contribution in [0.25, 0.3) is 17.8 Å². The lowest BCUT2D eigenvalue weighted by molar-refractivity contribution is -0.671. The van der Waals surface area contributed by atoms with Gasteiger partial charge >= 0.3 is 0 Å². The highest BCUT2D eigenvalue weighted by Crippen LogP contribution is 2.35. The second-order valence-corrected chi connectivity index (χ2v) is 6.33. The van der Waals surface area contributed by atoms with Crippen molar-refractivity contribution >= 4 is 12.2 Å². The molecule has 0 amide bonds. The monoisotopic (exact) mass is 460 g/mol. The molecule has 1 aliphatic rings. The Hall–Kier alpha value is -2.28. The fraction of sp³-hybridized carbons (Fsp3) is 0.190. The third kappa shape index (κ3) is 3.49. The summed E-state index contributed by atoms with van der Waals surface area (Å²) in [6.07, 6.45) is 8.41. The van der Waals surface area contributed by atoms with E-state index >= 15 is 0 Å². The smallest absolute Gasteiger partial charge is 0.231 e. The number of fused-ring (bicyclic) bond motifs is 1. The zero-order chi connectivity index (χ0) is 17.4. The van der Waals surface area contributed by atoms with E-state index in [0.717, 1.165) is 17.2 Å². The molecule has 0 atom stereocenters. The Kier molecular flexibility index (Phi) is 5.36. The molecule has 0 unspecified atom stereocenters. The molecule has 2 aromatic heterocycles. The van der Waals surface area contributed by atoms with Gasteiger partial charge in [0.1, 0.15) is 7.05 Å². The molecular formula is C21H21IN2O2. The number of nitrogens with zero attached hydrogens (tertiary/aromatic N) is 2. The summed E-state index contributed by atoms with van der Waals surface area (Å²) < 4.78 is 15.2. The van der Waals surface area contributed by atoms with Crippen LogP contribution in [0.4, 0.5) is 0 Å². The van der Waals surface area contributed by atoms with E-state index in [1.54, 1.807) is 0 Å². The van der Waals surface area contributed by atoms with Crippen LogP contribution in [0.15, 0.2) is 48.8 Å². The van der Waals surface area contributed by atoms with E-state index in [1.807, 2.05) is 23.7 Å². The summed E-state index contributed by atoms with van der Waals surface area (Å²) in [5, 5.41) is 0. The van der Waals surface area contributed by atoms with E-state index in [4.69, 9.17) is 9.47 Å². The number of halogens is 1. The Morgan fingerprint density at radius 1 is 0.962 bits per heavy atom. The lowest BCUT2D eigenvalue weighted by Gasteiger charge is -2.10.